The number of carbonyl (C=O) groups excluding carboxylic acids is 2. The van der Waals surface area contributed by atoms with Crippen molar-refractivity contribution in [3.63, 3.8) is 0 Å². The molecule has 8 heteroatoms. The summed E-state index contributed by atoms with van der Waals surface area (Å²) in [4.78, 5) is 27.7. The summed E-state index contributed by atoms with van der Waals surface area (Å²) in [6, 6.07) is 4.14. The highest BCUT2D eigenvalue weighted by molar-refractivity contribution is 9.10. The van der Waals surface area contributed by atoms with Gasteiger partial charge in [-0.3, -0.25) is 4.79 Å². The Hall–Kier alpha value is -2.61. The number of nitrogens with zero attached hydrogens (tertiary/aromatic N) is 2. The minimum atomic E-state index is -0.549. The number of halogens is 2. The van der Waals surface area contributed by atoms with Gasteiger partial charge in [0, 0.05) is 44.1 Å². The predicted molar refractivity (Wildman–Crippen MR) is 125 cm³/mol. The van der Waals surface area contributed by atoms with E-state index < -0.39 is 17.3 Å². The molecule has 0 heterocycles. The van der Waals surface area contributed by atoms with Crippen LogP contribution in [-0.4, -0.2) is 54.6 Å². The van der Waals surface area contributed by atoms with Crippen LogP contribution in [0.2, 0.25) is 0 Å². The molecule has 0 aliphatic carbocycles. The smallest absolute Gasteiger partial charge is 0.410 e. The highest BCUT2D eigenvalue weighted by Gasteiger charge is 2.19. The van der Waals surface area contributed by atoms with Crippen LogP contribution >= 0.6 is 15.9 Å². The molecule has 170 valence electrons. The number of benzene rings is 1. The van der Waals surface area contributed by atoms with Crippen molar-refractivity contribution in [3.8, 4) is 0 Å². The molecule has 0 aliphatic heterocycles. The fourth-order valence-corrected chi connectivity index (χ4v) is 2.65. The predicted octanol–water partition coefficient (Wildman–Crippen LogP) is 5.09. The van der Waals surface area contributed by atoms with Gasteiger partial charge in [0.1, 0.15) is 11.4 Å². The molecule has 0 aromatic heterocycles. The summed E-state index contributed by atoms with van der Waals surface area (Å²) >= 11 is 3.06. The standard InChI is InChI=1S/C23H31BrFN3O3/c1-15(13-16(2)26-21(29)18-9-10-19(24)20(25)14-18)17(3)27(7)11-12-28(8)22(30)31-23(4,5)6/h9-10,13-14H,2-3,11-12H2,1,4-8H3,(H,26,29)/b15-13-. The van der Waals surface area contributed by atoms with Crippen LogP contribution in [0.4, 0.5) is 9.18 Å². The molecule has 1 aromatic rings. The molecule has 1 rings (SSSR count). The average molecular weight is 496 g/mol. The van der Waals surface area contributed by atoms with Gasteiger partial charge in [-0.15, -0.1) is 0 Å². The maximum Gasteiger partial charge on any atom is 0.410 e. The zero-order chi connectivity index (χ0) is 23.9. The van der Waals surface area contributed by atoms with Gasteiger partial charge in [0.25, 0.3) is 5.91 Å². The van der Waals surface area contributed by atoms with Crippen LogP contribution < -0.4 is 5.32 Å². The second-order valence-electron chi connectivity index (χ2n) is 8.21. The van der Waals surface area contributed by atoms with Gasteiger partial charge >= 0.3 is 6.09 Å². The third-order valence-corrected chi connectivity index (χ3v) is 4.88. The number of rotatable bonds is 8. The maximum atomic E-state index is 13.6. The monoisotopic (exact) mass is 495 g/mol. The Morgan fingerprint density at radius 3 is 2.32 bits per heavy atom. The summed E-state index contributed by atoms with van der Waals surface area (Å²) in [5, 5.41) is 2.63. The molecule has 0 spiro atoms. The lowest BCUT2D eigenvalue weighted by Gasteiger charge is -2.28. The Labute approximate surface area is 192 Å². The van der Waals surface area contributed by atoms with E-state index in [-0.39, 0.29) is 16.1 Å². The fraction of sp³-hybridized carbons (Fsp3) is 0.391. The molecule has 0 aliphatic rings. The normalized spacial score (nSPS) is 11.5. The van der Waals surface area contributed by atoms with E-state index in [4.69, 9.17) is 4.74 Å². The molecule has 0 unspecified atom stereocenters. The van der Waals surface area contributed by atoms with Crippen LogP contribution in [0.5, 0.6) is 0 Å². The van der Waals surface area contributed by atoms with Crippen molar-refractivity contribution >= 4 is 27.9 Å². The van der Waals surface area contributed by atoms with E-state index in [0.717, 1.165) is 11.6 Å². The molecular weight excluding hydrogens is 465 g/mol. The van der Waals surface area contributed by atoms with Gasteiger partial charge in [0.2, 0.25) is 0 Å². The third-order valence-electron chi connectivity index (χ3n) is 4.24. The van der Waals surface area contributed by atoms with Crippen LogP contribution in [0.15, 0.2) is 58.9 Å². The van der Waals surface area contributed by atoms with Crippen molar-refractivity contribution in [1.82, 2.24) is 15.1 Å². The molecule has 0 saturated carbocycles. The van der Waals surface area contributed by atoms with Gasteiger partial charge in [-0.25, -0.2) is 9.18 Å². The molecule has 0 radical (unpaired) electrons. The summed E-state index contributed by atoms with van der Waals surface area (Å²) in [6.45, 7) is 16.2. The number of allylic oxidation sites excluding steroid dienone is 2. The van der Waals surface area contributed by atoms with Gasteiger partial charge in [-0.1, -0.05) is 13.2 Å². The summed E-state index contributed by atoms with van der Waals surface area (Å²) in [5.41, 5.74) is 1.49. The minimum Gasteiger partial charge on any atom is -0.444 e. The quantitative estimate of drug-likeness (QED) is 0.510. The maximum absolute atomic E-state index is 13.6. The zero-order valence-corrected chi connectivity index (χ0v) is 20.6. The van der Waals surface area contributed by atoms with Crippen LogP contribution in [0.25, 0.3) is 0 Å². The highest BCUT2D eigenvalue weighted by atomic mass is 79.9. The molecule has 0 bridgehead atoms. The first-order valence-corrected chi connectivity index (χ1v) is 10.5. The molecule has 1 N–H and O–H groups in total. The first kappa shape index (κ1) is 26.4. The van der Waals surface area contributed by atoms with Crippen LogP contribution in [0, 0.1) is 5.82 Å². The SMILES string of the molecule is C=C(/C=C(/C)C(=C)N(C)CCN(C)C(=O)OC(C)(C)C)NC(=O)c1ccc(Br)c(F)c1. The molecule has 31 heavy (non-hydrogen) atoms. The number of hydrogen-bond acceptors (Lipinski definition) is 4. The first-order valence-electron chi connectivity index (χ1n) is 9.69. The third kappa shape index (κ3) is 8.96. The second-order valence-corrected chi connectivity index (χ2v) is 9.06. The Balaban J connectivity index is 2.63. The number of nitrogens with one attached hydrogen (secondary N) is 1. The summed E-state index contributed by atoms with van der Waals surface area (Å²) in [6.07, 6.45) is 1.29. The van der Waals surface area contributed by atoms with E-state index in [9.17, 15) is 14.0 Å². The van der Waals surface area contributed by atoms with E-state index in [1.165, 1.54) is 17.0 Å². The van der Waals surface area contributed by atoms with E-state index in [0.29, 0.717) is 24.5 Å². The molecular formula is C23H31BrFN3O3. The Morgan fingerprint density at radius 1 is 1.19 bits per heavy atom. The van der Waals surface area contributed by atoms with Crippen LogP contribution in [-0.2, 0) is 4.74 Å². The van der Waals surface area contributed by atoms with Gasteiger partial charge in [-0.2, -0.15) is 0 Å². The molecule has 1 aromatic carbocycles. The van der Waals surface area contributed by atoms with E-state index in [1.807, 2.05) is 39.6 Å². The largest absolute Gasteiger partial charge is 0.444 e. The molecule has 6 nitrogen and oxygen atoms in total. The molecule has 0 atom stereocenters. The average Bonchev–Trinajstić information content (AvgIpc) is 2.65. The number of hydrogen-bond donors (Lipinski definition) is 1. The number of amides is 2. The van der Waals surface area contributed by atoms with Crippen molar-refractivity contribution in [2.45, 2.75) is 33.3 Å². The van der Waals surface area contributed by atoms with E-state index in [2.05, 4.69) is 34.4 Å². The number of likely N-dealkylation sites (N-methyl/N-ethyl adjacent to an activating group) is 2. The van der Waals surface area contributed by atoms with E-state index in [1.54, 1.807) is 13.1 Å². The molecule has 2 amide bonds. The Morgan fingerprint density at radius 2 is 1.77 bits per heavy atom. The first-order chi connectivity index (χ1) is 14.2. The topological polar surface area (TPSA) is 61.9 Å². The summed E-state index contributed by atoms with van der Waals surface area (Å²) in [7, 11) is 3.53. The second kappa shape index (κ2) is 11.1. The van der Waals surface area contributed by atoms with Crippen molar-refractivity contribution < 1.29 is 18.7 Å². The van der Waals surface area contributed by atoms with E-state index >= 15 is 0 Å². The van der Waals surface area contributed by atoms with Crippen molar-refractivity contribution in [3.05, 3.63) is 70.3 Å². The number of ether oxygens (including phenoxy) is 1. The molecule has 0 fully saturated rings. The Kier molecular flexibility index (Phi) is 9.49. The lowest BCUT2D eigenvalue weighted by molar-refractivity contribution is 0.0291. The number of carbonyl (C=O) groups is 2. The zero-order valence-electron chi connectivity index (χ0n) is 19.0. The van der Waals surface area contributed by atoms with Crippen LogP contribution in [0.3, 0.4) is 0 Å². The molecule has 0 saturated heterocycles. The lowest BCUT2D eigenvalue weighted by Crippen LogP contribution is -2.38. The highest BCUT2D eigenvalue weighted by Crippen LogP contribution is 2.17. The summed E-state index contributed by atoms with van der Waals surface area (Å²) < 4.78 is 19.3. The van der Waals surface area contributed by atoms with Gasteiger partial charge in [-0.05, 0) is 73.5 Å². The minimum absolute atomic E-state index is 0.189. The van der Waals surface area contributed by atoms with Gasteiger partial charge in [0.15, 0.2) is 0 Å². The van der Waals surface area contributed by atoms with Crippen LogP contribution in [0.1, 0.15) is 38.1 Å². The summed E-state index contributed by atoms with van der Waals surface area (Å²) in [5.74, 6) is -0.977. The van der Waals surface area contributed by atoms with Gasteiger partial charge < -0.3 is 19.9 Å². The lowest BCUT2D eigenvalue weighted by atomic mass is 10.1. The van der Waals surface area contributed by atoms with Gasteiger partial charge in [0.05, 0.1) is 4.47 Å². The fourth-order valence-electron chi connectivity index (χ4n) is 2.40. The van der Waals surface area contributed by atoms with Crippen molar-refractivity contribution in [1.29, 1.82) is 0 Å². The Bertz CT molecular complexity index is 891. The van der Waals surface area contributed by atoms with Crippen molar-refractivity contribution in [2.75, 3.05) is 27.2 Å². The van der Waals surface area contributed by atoms with Crippen molar-refractivity contribution in [2.24, 2.45) is 0 Å².